The molecule has 1 aromatic heterocycles. The maximum absolute atomic E-state index is 12.8. The first-order valence-electron chi connectivity index (χ1n) is 9.57. The first kappa shape index (κ1) is 20.1. The lowest BCUT2D eigenvalue weighted by molar-refractivity contribution is 0.0597. The van der Waals surface area contributed by atoms with E-state index in [-0.39, 0.29) is 11.9 Å². The summed E-state index contributed by atoms with van der Waals surface area (Å²) in [5.41, 5.74) is 2.91. The average Bonchev–Trinajstić information content (AvgIpc) is 2.76. The second-order valence-electron chi connectivity index (χ2n) is 7.05. The van der Waals surface area contributed by atoms with Crippen LogP contribution in [0.1, 0.15) is 27.5 Å². The molecule has 2 heterocycles. The zero-order valence-electron chi connectivity index (χ0n) is 15.8. The van der Waals surface area contributed by atoms with Crippen molar-refractivity contribution in [2.75, 3.05) is 26.2 Å². The van der Waals surface area contributed by atoms with Gasteiger partial charge in [0.05, 0.1) is 11.6 Å². The normalized spacial score (nSPS) is 15.9. The molecule has 0 radical (unpaired) electrons. The molecule has 1 atom stereocenters. The molecule has 1 unspecified atom stereocenters. The number of rotatable bonds is 4. The van der Waals surface area contributed by atoms with Crippen LogP contribution in [0, 0.1) is 0 Å². The number of halogens is 2. The molecule has 1 saturated heterocycles. The number of hydrogen-bond acceptors (Lipinski definition) is 3. The van der Waals surface area contributed by atoms with Crippen LogP contribution in [0.3, 0.4) is 0 Å². The van der Waals surface area contributed by atoms with Crippen molar-refractivity contribution in [2.24, 2.45) is 0 Å². The Kier molecular flexibility index (Phi) is 6.28. The van der Waals surface area contributed by atoms with Crippen molar-refractivity contribution in [3.05, 3.63) is 99.2 Å². The van der Waals surface area contributed by atoms with Crippen LogP contribution in [0.4, 0.5) is 0 Å². The third kappa shape index (κ3) is 4.53. The molecule has 29 heavy (non-hydrogen) atoms. The number of nitrogens with zero attached hydrogens (tertiary/aromatic N) is 3. The SMILES string of the molecule is O=C(c1cncc(Br)c1)N1CCN(C(c2ccccc2)c2ccccc2Cl)CC1. The number of benzene rings is 2. The molecule has 1 fully saturated rings. The fraction of sp³-hybridized carbons (Fsp3) is 0.217. The highest BCUT2D eigenvalue weighted by Crippen LogP contribution is 2.34. The highest BCUT2D eigenvalue weighted by molar-refractivity contribution is 9.10. The molecule has 1 aliphatic rings. The molecule has 0 aliphatic carbocycles. The van der Waals surface area contributed by atoms with E-state index >= 15 is 0 Å². The van der Waals surface area contributed by atoms with E-state index in [9.17, 15) is 4.79 Å². The standard InChI is InChI=1S/C23H21BrClN3O/c24-19-14-18(15-26-16-19)23(29)28-12-10-27(11-13-28)22(17-6-2-1-3-7-17)20-8-4-5-9-21(20)25/h1-9,14-16,22H,10-13H2. The summed E-state index contributed by atoms with van der Waals surface area (Å²) in [4.78, 5) is 21.3. The zero-order chi connectivity index (χ0) is 20.2. The smallest absolute Gasteiger partial charge is 0.255 e. The molecular weight excluding hydrogens is 450 g/mol. The Labute approximate surface area is 184 Å². The number of carbonyl (C=O) groups excluding carboxylic acids is 1. The molecular formula is C23H21BrClN3O. The minimum atomic E-state index is 0.0208. The highest BCUT2D eigenvalue weighted by Gasteiger charge is 2.29. The second kappa shape index (κ2) is 9.08. The molecule has 4 rings (SSSR count). The van der Waals surface area contributed by atoms with Gasteiger partial charge in [-0.25, -0.2) is 0 Å². The fourth-order valence-electron chi connectivity index (χ4n) is 3.81. The topological polar surface area (TPSA) is 36.4 Å². The predicted octanol–water partition coefficient (Wildman–Crippen LogP) is 5.04. The van der Waals surface area contributed by atoms with Crippen molar-refractivity contribution < 1.29 is 4.79 Å². The van der Waals surface area contributed by atoms with Gasteiger partial charge in [-0.3, -0.25) is 14.7 Å². The van der Waals surface area contributed by atoms with Crippen LogP contribution >= 0.6 is 27.5 Å². The van der Waals surface area contributed by atoms with Gasteiger partial charge in [0.15, 0.2) is 0 Å². The Morgan fingerprint density at radius 3 is 2.34 bits per heavy atom. The highest BCUT2D eigenvalue weighted by atomic mass is 79.9. The number of hydrogen-bond donors (Lipinski definition) is 0. The second-order valence-corrected chi connectivity index (χ2v) is 8.38. The van der Waals surface area contributed by atoms with Gasteiger partial charge in [0.25, 0.3) is 5.91 Å². The molecule has 148 valence electrons. The van der Waals surface area contributed by atoms with Gasteiger partial charge in [0.1, 0.15) is 0 Å². The number of piperazine rings is 1. The fourth-order valence-corrected chi connectivity index (χ4v) is 4.42. The molecule has 1 aliphatic heterocycles. The molecule has 3 aromatic rings. The summed E-state index contributed by atoms with van der Waals surface area (Å²) in [6.45, 7) is 2.88. The zero-order valence-corrected chi connectivity index (χ0v) is 18.2. The van der Waals surface area contributed by atoms with Crippen LogP contribution in [0.2, 0.25) is 5.02 Å². The molecule has 2 aromatic carbocycles. The summed E-state index contributed by atoms with van der Waals surface area (Å²) >= 11 is 9.95. The minimum Gasteiger partial charge on any atom is -0.336 e. The van der Waals surface area contributed by atoms with Crippen LogP contribution in [-0.2, 0) is 0 Å². The first-order chi connectivity index (χ1) is 14.1. The van der Waals surface area contributed by atoms with Crippen LogP contribution in [0.5, 0.6) is 0 Å². The van der Waals surface area contributed by atoms with E-state index in [2.05, 4.69) is 56.1 Å². The van der Waals surface area contributed by atoms with Gasteiger partial charge in [-0.15, -0.1) is 0 Å². The van der Waals surface area contributed by atoms with Gasteiger partial charge in [0.2, 0.25) is 0 Å². The van der Waals surface area contributed by atoms with Crippen molar-refractivity contribution in [2.45, 2.75) is 6.04 Å². The number of carbonyl (C=O) groups is 1. The van der Waals surface area contributed by atoms with Gasteiger partial charge >= 0.3 is 0 Å². The van der Waals surface area contributed by atoms with E-state index in [0.717, 1.165) is 28.1 Å². The van der Waals surface area contributed by atoms with Crippen molar-refractivity contribution in [1.82, 2.24) is 14.8 Å². The van der Waals surface area contributed by atoms with Crippen LogP contribution in [-0.4, -0.2) is 46.9 Å². The largest absolute Gasteiger partial charge is 0.336 e. The summed E-state index contributed by atoms with van der Waals surface area (Å²) in [5, 5.41) is 0.764. The number of pyridine rings is 1. The van der Waals surface area contributed by atoms with Crippen molar-refractivity contribution in [3.8, 4) is 0 Å². The van der Waals surface area contributed by atoms with Gasteiger partial charge in [-0.1, -0.05) is 60.1 Å². The molecule has 6 heteroatoms. The van der Waals surface area contributed by atoms with E-state index in [4.69, 9.17) is 11.6 Å². The van der Waals surface area contributed by atoms with Crippen LogP contribution in [0.25, 0.3) is 0 Å². The van der Waals surface area contributed by atoms with Crippen molar-refractivity contribution in [3.63, 3.8) is 0 Å². The molecule has 0 spiro atoms. The van der Waals surface area contributed by atoms with Gasteiger partial charge < -0.3 is 4.90 Å². The Balaban J connectivity index is 1.54. The minimum absolute atomic E-state index is 0.0208. The van der Waals surface area contributed by atoms with Gasteiger partial charge in [0, 0.05) is 48.1 Å². The maximum Gasteiger partial charge on any atom is 0.255 e. The van der Waals surface area contributed by atoms with E-state index in [0.29, 0.717) is 18.7 Å². The van der Waals surface area contributed by atoms with E-state index < -0.39 is 0 Å². The third-order valence-corrected chi connectivity index (χ3v) is 6.01. The lowest BCUT2D eigenvalue weighted by Gasteiger charge is -2.40. The molecule has 0 N–H and O–H groups in total. The summed E-state index contributed by atoms with van der Waals surface area (Å²) in [5.74, 6) is 0.0208. The average molecular weight is 471 g/mol. The monoisotopic (exact) mass is 469 g/mol. The quantitative estimate of drug-likeness (QED) is 0.536. The van der Waals surface area contributed by atoms with Crippen LogP contribution < -0.4 is 0 Å². The number of amides is 1. The molecule has 0 saturated carbocycles. The van der Waals surface area contributed by atoms with Crippen LogP contribution in [0.15, 0.2) is 77.5 Å². The maximum atomic E-state index is 12.8. The summed E-state index contributed by atoms with van der Waals surface area (Å²) < 4.78 is 0.810. The van der Waals surface area contributed by atoms with E-state index in [1.807, 2.05) is 35.2 Å². The van der Waals surface area contributed by atoms with Crippen molar-refractivity contribution >= 4 is 33.4 Å². The predicted molar refractivity (Wildman–Crippen MR) is 119 cm³/mol. The van der Waals surface area contributed by atoms with E-state index in [1.165, 1.54) is 5.56 Å². The van der Waals surface area contributed by atoms with Gasteiger partial charge in [-0.2, -0.15) is 0 Å². The summed E-state index contributed by atoms with van der Waals surface area (Å²) in [7, 11) is 0. The van der Waals surface area contributed by atoms with E-state index in [1.54, 1.807) is 12.4 Å². The number of aromatic nitrogens is 1. The Morgan fingerprint density at radius 2 is 1.66 bits per heavy atom. The Bertz CT molecular complexity index is 990. The molecule has 4 nitrogen and oxygen atoms in total. The third-order valence-electron chi connectivity index (χ3n) is 5.23. The Morgan fingerprint density at radius 1 is 0.966 bits per heavy atom. The first-order valence-corrected chi connectivity index (χ1v) is 10.7. The lowest BCUT2D eigenvalue weighted by atomic mass is 9.96. The van der Waals surface area contributed by atoms with Crippen molar-refractivity contribution in [1.29, 1.82) is 0 Å². The summed E-state index contributed by atoms with van der Waals surface area (Å²) in [6, 6.07) is 20.3. The van der Waals surface area contributed by atoms with Gasteiger partial charge in [-0.05, 0) is 39.2 Å². The summed E-state index contributed by atoms with van der Waals surface area (Å²) in [6.07, 6.45) is 3.30. The Hall–Kier alpha value is -2.21. The molecule has 0 bridgehead atoms. The molecule has 1 amide bonds. The lowest BCUT2D eigenvalue weighted by Crippen LogP contribution is -2.49.